The first-order chi connectivity index (χ1) is 12.8. The molecule has 0 aromatic heterocycles. The Morgan fingerprint density at radius 3 is 1.93 bits per heavy atom. The standard InChI is InChI=1S/C20H30O5Si2/c1-5-12-26(13-6-2)16-11-18(17(20(23)24)9-10-19(21)22)25-27(26,14-7-3)15-8-4/h5-10,17-18H,1-4,11-16H2,(H,21,22)(H,23,24). The van der Waals surface area contributed by atoms with Crippen molar-refractivity contribution in [2.45, 2.75) is 42.7 Å². The summed E-state index contributed by atoms with van der Waals surface area (Å²) in [6, 6.07) is 4.13. The second-order valence-corrected chi connectivity index (χ2v) is 19.8. The summed E-state index contributed by atoms with van der Waals surface area (Å²) in [5.41, 5.74) is 0. The van der Waals surface area contributed by atoms with Crippen LogP contribution in [0, 0.1) is 5.92 Å². The van der Waals surface area contributed by atoms with E-state index in [1.807, 2.05) is 24.3 Å². The number of rotatable bonds is 12. The average molecular weight is 407 g/mol. The summed E-state index contributed by atoms with van der Waals surface area (Å²) in [6.07, 6.45) is 9.81. The first-order valence-corrected chi connectivity index (χ1v) is 15.0. The number of hydrogen-bond donors (Lipinski definition) is 2. The van der Waals surface area contributed by atoms with E-state index in [4.69, 9.17) is 9.53 Å². The maximum atomic E-state index is 11.8. The summed E-state index contributed by atoms with van der Waals surface area (Å²) in [6.45, 7) is 15.7. The molecule has 148 valence electrons. The van der Waals surface area contributed by atoms with Crippen LogP contribution in [0.3, 0.4) is 0 Å². The SMILES string of the molecule is C=CC[Si]1(CC=C)CCC(C(C=CC(=O)O)C(=O)O)O[Si]1(CC=C)CC=C. The van der Waals surface area contributed by atoms with E-state index in [1.54, 1.807) is 0 Å². The van der Waals surface area contributed by atoms with Crippen LogP contribution in [0.25, 0.3) is 0 Å². The van der Waals surface area contributed by atoms with Gasteiger partial charge in [0.2, 0.25) is 0 Å². The van der Waals surface area contributed by atoms with Gasteiger partial charge in [-0.1, -0.05) is 36.4 Å². The molecule has 27 heavy (non-hydrogen) atoms. The van der Waals surface area contributed by atoms with Crippen molar-refractivity contribution in [2.24, 2.45) is 5.92 Å². The van der Waals surface area contributed by atoms with Gasteiger partial charge in [0.05, 0.1) is 13.7 Å². The second kappa shape index (κ2) is 10.4. The van der Waals surface area contributed by atoms with E-state index < -0.39 is 39.4 Å². The molecule has 1 aliphatic rings. The lowest BCUT2D eigenvalue weighted by Crippen LogP contribution is -2.68. The van der Waals surface area contributed by atoms with Gasteiger partial charge in [-0.05, 0) is 30.6 Å². The van der Waals surface area contributed by atoms with Crippen molar-refractivity contribution in [1.82, 2.24) is 0 Å². The number of carboxylic acid groups (broad SMARTS) is 2. The Balaban J connectivity index is 3.39. The minimum atomic E-state index is -2.42. The van der Waals surface area contributed by atoms with E-state index in [1.165, 1.54) is 6.08 Å². The van der Waals surface area contributed by atoms with Gasteiger partial charge in [0.25, 0.3) is 0 Å². The van der Waals surface area contributed by atoms with E-state index >= 15 is 0 Å². The topological polar surface area (TPSA) is 83.8 Å². The molecule has 0 saturated carbocycles. The van der Waals surface area contributed by atoms with Crippen LogP contribution in [0.4, 0.5) is 0 Å². The molecule has 0 aliphatic carbocycles. The zero-order valence-electron chi connectivity index (χ0n) is 15.8. The Labute approximate surface area is 163 Å². The molecular formula is C20H30O5Si2. The molecule has 0 bridgehead atoms. The zero-order chi connectivity index (χ0) is 20.5. The lowest BCUT2D eigenvalue weighted by atomic mass is 10.00. The van der Waals surface area contributed by atoms with Gasteiger partial charge in [-0.3, -0.25) is 4.79 Å². The summed E-state index contributed by atoms with van der Waals surface area (Å²) in [5.74, 6) is -3.22. The highest BCUT2D eigenvalue weighted by Gasteiger charge is 2.58. The van der Waals surface area contributed by atoms with Crippen LogP contribution in [0.1, 0.15) is 6.42 Å². The molecule has 1 saturated heterocycles. The highest BCUT2D eigenvalue weighted by Crippen LogP contribution is 2.46. The zero-order valence-corrected chi connectivity index (χ0v) is 17.8. The van der Waals surface area contributed by atoms with Gasteiger partial charge in [-0.25, -0.2) is 4.79 Å². The summed E-state index contributed by atoms with van der Waals surface area (Å²) < 4.78 is 6.67. The van der Waals surface area contributed by atoms with Crippen molar-refractivity contribution in [3.05, 3.63) is 62.8 Å². The second-order valence-electron chi connectivity index (χ2n) is 7.00. The van der Waals surface area contributed by atoms with E-state index in [0.29, 0.717) is 6.42 Å². The average Bonchev–Trinajstić information content (AvgIpc) is 2.58. The van der Waals surface area contributed by atoms with E-state index in [2.05, 4.69) is 26.3 Å². The Hall–Kier alpha value is -1.97. The highest BCUT2D eigenvalue weighted by atomic mass is 29.3. The fourth-order valence-corrected chi connectivity index (χ4v) is 20.7. The summed E-state index contributed by atoms with van der Waals surface area (Å²) >= 11 is 0. The molecule has 0 radical (unpaired) electrons. The third-order valence-corrected chi connectivity index (χ3v) is 22.7. The molecule has 5 nitrogen and oxygen atoms in total. The summed E-state index contributed by atoms with van der Waals surface area (Å²) in [4.78, 5) is 22.6. The molecule has 0 aromatic rings. The van der Waals surface area contributed by atoms with Crippen molar-refractivity contribution in [3.63, 3.8) is 0 Å². The largest absolute Gasteiger partial charge is 0.481 e. The third kappa shape index (κ3) is 5.27. The molecule has 1 fully saturated rings. The minimum Gasteiger partial charge on any atom is -0.481 e. The Morgan fingerprint density at radius 1 is 1.00 bits per heavy atom. The van der Waals surface area contributed by atoms with Crippen molar-refractivity contribution >= 4 is 27.4 Å². The number of carboxylic acids is 2. The monoisotopic (exact) mass is 406 g/mol. The van der Waals surface area contributed by atoms with Crippen LogP contribution in [0.2, 0.25) is 30.2 Å². The van der Waals surface area contributed by atoms with Crippen molar-refractivity contribution < 1.29 is 24.2 Å². The molecule has 1 heterocycles. The van der Waals surface area contributed by atoms with Crippen molar-refractivity contribution in [3.8, 4) is 0 Å². The van der Waals surface area contributed by atoms with E-state index in [9.17, 15) is 14.7 Å². The van der Waals surface area contributed by atoms with Crippen LogP contribution in [0.15, 0.2) is 62.8 Å². The first kappa shape index (κ1) is 23.1. The molecule has 2 N–H and O–H groups in total. The summed E-state index contributed by atoms with van der Waals surface area (Å²) in [7, 11) is -4.38. The predicted molar refractivity (Wildman–Crippen MR) is 114 cm³/mol. The van der Waals surface area contributed by atoms with Crippen LogP contribution < -0.4 is 0 Å². The van der Waals surface area contributed by atoms with Crippen LogP contribution in [-0.2, 0) is 14.0 Å². The number of carbonyl (C=O) groups is 2. The Kier molecular flexibility index (Phi) is 8.88. The maximum Gasteiger partial charge on any atom is 0.328 e. The number of aliphatic carboxylic acids is 2. The Morgan fingerprint density at radius 2 is 1.52 bits per heavy atom. The number of hydrogen-bond acceptors (Lipinski definition) is 3. The summed E-state index contributed by atoms with van der Waals surface area (Å²) in [5, 5.41) is 18.5. The molecule has 2 unspecified atom stereocenters. The quantitative estimate of drug-likeness (QED) is 0.286. The molecule has 1 aliphatic heterocycles. The van der Waals surface area contributed by atoms with Crippen LogP contribution >= 0.6 is 0 Å². The van der Waals surface area contributed by atoms with Gasteiger partial charge in [-0.15, -0.1) is 26.3 Å². The fraction of sp³-hybridized carbons (Fsp3) is 0.400. The van der Waals surface area contributed by atoms with E-state index in [0.717, 1.165) is 36.3 Å². The van der Waals surface area contributed by atoms with Gasteiger partial charge in [0.15, 0.2) is 7.83 Å². The molecule has 0 amide bonds. The van der Waals surface area contributed by atoms with Gasteiger partial charge in [-0.2, -0.15) is 0 Å². The van der Waals surface area contributed by atoms with Crippen molar-refractivity contribution in [2.75, 3.05) is 0 Å². The lowest BCUT2D eigenvalue weighted by molar-refractivity contribution is -0.143. The molecule has 2 atom stereocenters. The van der Waals surface area contributed by atoms with Gasteiger partial charge >= 0.3 is 11.9 Å². The highest BCUT2D eigenvalue weighted by molar-refractivity contribution is 7.40. The van der Waals surface area contributed by atoms with E-state index in [-0.39, 0.29) is 0 Å². The first-order valence-electron chi connectivity index (χ1n) is 9.06. The van der Waals surface area contributed by atoms with Gasteiger partial charge in [0.1, 0.15) is 5.92 Å². The van der Waals surface area contributed by atoms with Crippen LogP contribution in [0.5, 0.6) is 0 Å². The smallest absolute Gasteiger partial charge is 0.328 e. The molecule has 0 spiro atoms. The minimum absolute atomic E-state index is 0.542. The molecule has 7 heteroatoms. The lowest BCUT2D eigenvalue weighted by Gasteiger charge is -2.53. The van der Waals surface area contributed by atoms with Crippen molar-refractivity contribution in [1.29, 1.82) is 0 Å². The third-order valence-electron chi connectivity index (χ3n) is 5.40. The van der Waals surface area contributed by atoms with Gasteiger partial charge < -0.3 is 14.6 Å². The Bertz CT molecular complexity index is 606. The maximum absolute atomic E-state index is 11.8. The normalized spacial score (nSPS) is 21.9. The number of allylic oxidation sites excluding steroid dienone is 4. The fourth-order valence-electron chi connectivity index (χ4n) is 4.22. The molecular weight excluding hydrogens is 376 g/mol. The molecule has 1 rings (SSSR count). The predicted octanol–water partition coefficient (Wildman–Crippen LogP) is 4.33. The molecule has 0 aromatic carbocycles. The van der Waals surface area contributed by atoms with Crippen LogP contribution in [-0.4, -0.2) is 43.7 Å². The van der Waals surface area contributed by atoms with Gasteiger partial charge in [0, 0.05) is 6.08 Å².